The SMILES string of the molecule is C[C@@H]1CN(C(=O)C2CCCCC2NC(=O)OCC2c3ccccc3-c3ccccc32)C[C@H]1C(=O)O. The Labute approximate surface area is 205 Å². The zero-order chi connectivity index (χ0) is 24.5. The molecule has 0 bridgehead atoms. The molecule has 1 aliphatic heterocycles. The number of benzene rings is 2. The van der Waals surface area contributed by atoms with Gasteiger partial charge in [0.25, 0.3) is 0 Å². The second-order valence-electron chi connectivity index (χ2n) is 10.1. The Kier molecular flexibility index (Phi) is 6.50. The molecular weight excluding hydrogens is 444 g/mol. The number of likely N-dealkylation sites (tertiary alicyclic amines) is 1. The van der Waals surface area contributed by atoms with Crippen molar-refractivity contribution in [2.24, 2.45) is 17.8 Å². The molecule has 2 aromatic carbocycles. The molecule has 1 saturated carbocycles. The number of alkyl carbamates (subject to hydrolysis) is 1. The summed E-state index contributed by atoms with van der Waals surface area (Å²) in [7, 11) is 0. The van der Waals surface area contributed by atoms with Gasteiger partial charge in [0, 0.05) is 25.0 Å². The van der Waals surface area contributed by atoms with Gasteiger partial charge in [-0.15, -0.1) is 0 Å². The smallest absolute Gasteiger partial charge is 0.407 e. The maximum atomic E-state index is 13.3. The van der Waals surface area contributed by atoms with E-state index in [1.165, 1.54) is 11.1 Å². The molecule has 2 aromatic rings. The molecule has 5 rings (SSSR count). The van der Waals surface area contributed by atoms with Crippen molar-refractivity contribution in [3.05, 3.63) is 59.7 Å². The molecule has 0 radical (unpaired) electrons. The average molecular weight is 477 g/mol. The van der Waals surface area contributed by atoms with Crippen LogP contribution in [0.2, 0.25) is 0 Å². The number of rotatable bonds is 5. The second-order valence-corrected chi connectivity index (χ2v) is 10.1. The Bertz CT molecular complexity index is 1090. The van der Waals surface area contributed by atoms with Gasteiger partial charge in [-0.1, -0.05) is 68.3 Å². The van der Waals surface area contributed by atoms with E-state index in [-0.39, 0.29) is 42.9 Å². The standard InChI is InChI=1S/C28H32N2O5/c1-17-14-30(15-23(17)27(32)33)26(31)22-12-6-7-13-25(22)29-28(34)35-16-24-20-10-4-2-8-18(20)19-9-3-5-11-21(19)24/h2-5,8-11,17,22-25H,6-7,12-16H2,1H3,(H,29,34)(H,32,33)/t17-,22?,23-,25?/m1/s1. The predicted octanol–water partition coefficient (Wildman–Crippen LogP) is 4.26. The van der Waals surface area contributed by atoms with E-state index in [9.17, 15) is 19.5 Å². The fraction of sp³-hybridized carbons (Fsp3) is 0.464. The van der Waals surface area contributed by atoms with Crippen molar-refractivity contribution >= 4 is 18.0 Å². The summed E-state index contributed by atoms with van der Waals surface area (Å²) in [6.45, 7) is 2.79. The first-order valence-corrected chi connectivity index (χ1v) is 12.6. The zero-order valence-electron chi connectivity index (χ0n) is 20.0. The Morgan fingerprint density at radius 3 is 2.20 bits per heavy atom. The lowest BCUT2D eigenvalue weighted by Gasteiger charge is -2.33. The van der Waals surface area contributed by atoms with Crippen LogP contribution in [0.4, 0.5) is 4.79 Å². The molecule has 7 heteroatoms. The lowest BCUT2D eigenvalue weighted by atomic mass is 9.83. The largest absolute Gasteiger partial charge is 0.481 e. The van der Waals surface area contributed by atoms with E-state index in [4.69, 9.17) is 4.74 Å². The maximum Gasteiger partial charge on any atom is 0.407 e. The van der Waals surface area contributed by atoms with Crippen molar-refractivity contribution in [2.75, 3.05) is 19.7 Å². The van der Waals surface area contributed by atoms with Gasteiger partial charge in [0.1, 0.15) is 6.61 Å². The number of nitrogens with zero attached hydrogens (tertiary/aromatic N) is 1. The highest BCUT2D eigenvalue weighted by Crippen LogP contribution is 2.44. The van der Waals surface area contributed by atoms with E-state index in [0.717, 1.165) is 24.0 Å². The Balaban J connectivity index is 1.22. The van der Waals surface area contributed by atoms with E-state index in [0.29, 0.717) is 19.4 Å². The molecule has 1 saturated heterocycles. The van der Waals surface area contributed by atoms with Gasteiger partial charge in [0.05, 0.1) is 11.8 Å². The normalized spacial score (nSPS) is 25.6. The molecule has 2 amide bonds. The quantitative estimate of drug-likeness (QED) is 0.672. The number of carboxylic acid groups (broad SMARTS) is 1. The molecule has 0 aromatic heterocycles. The third-order valence-electron chi connectivity index (χ3n) is 7.97. The number of hydrogen-bond acceptors (Lipinski definition) is 4. The summed E-state index contributed by atoms with van der Waals surface area (Å²) in [4.78, 5) is 39.3. The number of nitrogens with one attached hydrogen (secondary N) is 1. The topological polar surface area (TPSA) is 95.9 Å². The van der Waals surface area contributed by atoms with E-state index in [1.54, 1.807) is 4.90 Å². The van der Waals surface area contributed by atoms with Crippen LogP contribution in [0, 0.1) is 17.8 Å². The third kappa shape index (κ3) is 4.51. The lowest BCUT2D eigenvalue weighted by molar-refractivity contribution is -0.142. The van der Waals surface area contributed by atoms with Crippen LogP contribution in [0.5, 0.6) is 0 Å². The van der Waals surface area contributed by atoms with Crippen molar-refractivity contribution in [1.82, 2.24) is 10.2 Å². The molecule has 1 heterocycles. The van der Waals surface area contributed by atoms with E-state index in [1.807, 2.05) is 31.2 Å². The minimum atomic E-state index is -0.857. The van der Waals surface area contributed by atoms with Gasteiger partial charge < -0.3 is 20.1 Å². The highest BCUT2D eigenvalue weighted by molar-refractivity contribution is 5.83. The Morgan fingerprint density at radius 2 is 1.57 bits per heavy atom. The Hall–Kier alpha value is -3.35. The van der Waals surface area contributed by atoms with Crippen LogP contribution in [0.15, 0.2) is 48.5 Å². The van der Waals surface area contributed by atoms with Gasteiger partial charge >= 0.3 is 12.1 Å². The summed E-state index contributed by atoms with van der Waals surface area (Å²) >= 11 is 0. The van der Waals surface area contributed by atoms with Gasteiger partial charge in [-0.05, 0) is 41.0 Å². The molecular formula is C28H32N2O5. The van der Waals surface area contributed by atoms with Crippen molar-refractivity contribution in [3.8, 4) is 11.1 Å². The second kappa shape index (κ2) is 9.72. The van der Waals surface area contributed by atoms with E-state index < -0.39 is 18.0 Å². The first-order valence-electron chi connectivity index (χ1n) is 12.6. The summed E-state index contributed by atoms with van der Waals surface area (Å²) in [6, 6.07) is 16.1. The highest BCUT2D eigenvalue weighted by atomic mass is 16.5. The predicted molar refractivity (Wildman–Crippen MR) is 131 cm³/mol. The summed E-state index contributed by atoms with van der Waals surface area (Å²) in [5, 5.41) is 12.4. The van der Waals surface area contributed by atoms with E-state index >= 15 is 0 Å². The van der Waals surface area contributed by atoms with Gasteiger partial charge in [0.2, 0.25) is 5.91 Å². The monoisotopic (exact) mass is 476 g/mol. The van der Waals surface area contributed by atoms with Gasteiger partial charge in [-0.3, -0.25) is 9.59 Å². The first kappa shape index (κ1) is 23.4. The van der Waals surface area contributed by atoms with Gasteiger partial charge in [-0.2, -0.15) is 0 Å². The minimum Gasteiger partial charge on any atom is -0.481 e. The fourth-order valence-corrected chi connectivity index (χ4v) is 6.09. The van der Waals surface area contributed by atoms with Gasteiger partial charge in [-0.25, -0.2) is 4.79 Å². The van der Waals surface area contributed by atoms with Crippen LogP contribution in [-0.4, -0.2) is 53.7 Å². The van der Waals surface area contributed by atoms with Crippen LogP contribution in [-0.2, 0) is 14.3 Å². The molecule has 3 aliphatic rings. The van der Waals surface area contributed by atoms with Crippen LogP contribution in [0.3, 0.4) is 0 Å². The molecule has 7 nitrogen and oxygen atoms in total. The number of carboxylic acids is 1. The van der Waals surface area contributed by atoms with Crippen molar-refractivity contribution in [1.29, 1.82) is 0 Å². The molecule has 2 aliphatic carbocycles. The van der Waals surface area contributed by atoms with Crippen LogP contribution >= 0.6 is 0 Å². The van der Waals surface area contributed by atoms with Crippen LogP contribution in [0.1, 0.15) is 49.7 Å². The summed E-state index contributed by atoms with van der Waals surface area (Å²) in [6.07, 6.45) is 2.76. The number of carbonyl (C=O) groups excluding carboxylic acids is 2. The lowest BCUT2D eigenvalue weighted by Crippen LogP contribution is -2.49. The molecule has 184 valence electrons. The minimum absolute atomic E-state index is 0.0176. The van der Waals surface area contributed by atoms with Crippen molar-refractivity contribution in [3.63, 3.8) is 0 Å². The summed E-state index contributed by atoms with van der Waals surface area (Å²) in [5.74, 6) is -1.88. The van der Waals surface area contributed by atoms with Crippen molar-refractivity contribution in [2.45, 2.75) is 44.6 Å². The molecule has 0 spiro atoms. The average Bonchev–Trinajstić information content (AvgIpc) is 3.41. The number of aliphatic carboxylic acids is 1. The Morgan fingerprint density at radius 1 is 0.943 bits per heavy atom. The maximum absolute atomic E-state index is 13.3. The number of hydrogen-bond donors (Lipinski definition) is 2. The molecule has 2 fully saturated rings. The van der Waals surface area contributed by atoms with E-state index in [2.05, 4.69) is 29.6 Å². The molecule has 2 unspecified atom stereocenters. The third-order valence-corrected chi connectivity index (χ3v) is 7.97. The van der Waals surface area contributed by atoms with Crippen LogP contribution in [0.25, 0.3) is 11.1 Å². The number of fused-ring (bicyclic) bond motifs is 3. The fourth-order valence-electron chi connectivity index (χ4n) is 6.09. The number of ether oxygens (including phenoxy) is 1. The first-order chi connectivity index (χ1) is 16.9. The van der Waals surface area contributed by atoms with Crippen LogP contribution < -0.4 is 5.32 Å². The zero-order valence-corrected chi connectivity index (χ0v) is 20.0. The number of carbonyl (C=O) groups is 3. The summed E-state index contributed by atoms with van der Waals surface area (Å²) < 4.78 is 5.71. The highest BCUT2D eigenvalue weighted by Gasteiger charge is 2.42. The summed E-state index contributed by atoms with van der Waals surface area (Å²) in [5.41, 5.74) is 4.66. The number of amides is 2. The molecule has 2 N–H and O–H groups in total. The molecule has 4 atom stereocenters. The molecule has 35 heavy (non-hydrogen) atoms. The van der Waals surface area contributed by atoms with Crippen molar-refractivity contribution < 1.29 is 24.2 Å². The van der Waals surface area contributed by atoms with Gasteiger partial charge in [0.15, 0.2) is 0 Å².